The van der Waals surface area contributed by atoms with Gasteiger partial charge in [0.05, 0.1) is 4.92 Å². The first-order chi connectivity index (χ1) is 8.00. The molecule has 0 aliphatic carbocycles. The highest BCUT2D eigenvalue weighted by Gasteiger charge is 2.13. The van der Waals surface area contributed by atoms with E-state index < -0.39 is 11.0 Å². The van der Waals surface area contributed by atoms with Crippen LogP contribution in [0.1, 0.15) is 0 Å². The van der Waals surface area contributed by atoms with Crippen molar-refractivity contribution in [2.24, 2.45) is 5.73 Å². The minimum absolute atomic E-state index is 0.0176. The van der Waals surface area contributed by atoms with Gasteiger partial charge in [-0.2, -0.15) is 0 Å². The number of nitro benzene ring substituents is 1. The number of rotatable bonds is 5. The minimum atomic E-state index is -0.871. The minimum Gasteiger partial charge on any atom is -0.448 e. The molecule has 7 nitrogen and oxygen atoms in total. The molecule has 1 aromatic rings. The van der Waals surface area contributed by atoms with E-state index in [-0.39, 0.29) is 18.8 Å². The molecule has 1 rings (SSSR count). The zero-order valence-electron chi connectivity index (χ0n) is 8.68. The molecule has 0 saturated heterocycles. The largest absolute Gasteiger partial charge is 0.448 e. The van der Waals surface area contributed by atoms with E-state index in [1.807, 2.05) is 22.6 Å². The summed E-state index contributed by atoms with van der Waals surface area (Å²) in [5.41, 5.74) is 5.13. The highest BCUT2D eigenvalue weighted by Crippen LogP contribution is 2.25. The average Bonchev–Trinajstić information content (AvgIpc) is 2.25. The fourth-order valence-corrected chi connectivity index (χ4v) is 1.62. The number of nitrogens with one attached hydrogen (secondary N) is 1. The van der Waals surface area contributed by atoms with Crippen LogP contribution in [-0.2, 0) is 4.74 Å². The number of nitrogens with two attached hydrogens (primary N) is 1. The lowest BCUT2D eigenvalue weighted by Crippen LogP contribution is -2.18. The van der Waals surface area contributed by atoms with Crippen molar-refractivity contribution in [1.82, 2.24) is 0 Å². The number of nitrogens with zero attached hydrogens (tertiary/aromatic N) is 1. The van der Waals surface area contributed by atoms with Crippen LogP contribution < -0.4 is 11.1 Å². The Hall–Kier alpha value is -1.58. The molecule has 92 valence electrons. The Labute approximate surface area is 111 Å². The van der Waals surface area contributed by atoms with Crippen molar-refractivity contribution in [1.29, 1.82) is 0 Å². The van der Waals surface area contributed by atoms with Crippen LogP contribution in [0.15, 0.2) is 18.2 Å². The second-order valence-electron chi connectivity index (χ2n) is 3.01. The summed E-state index contributed by atoms with van der Waals surface area (Å²) in [5, 5.41) is 13.6. The van der Waals surface area contributed by atoms with E-state index in [9.17, 15) is 14.9 Å². The number of ether oxygens (including phenoxy) is 1. The first kappa shape index (κ1) is 13.5. The lowest BCUT2D eigenvalue weighted by molar-refractivity contribution is -0.384. The van der Waals surface area contributed by atoms with Crippen LogP contribution in [0.4, 0.5) is 16.2 Å². The van der Waals surface area contributed by atoms with Gasteiger partial charge in [-0.25, -0.2) is 4.79 Å². The van der Waals surface area contributed by atoms with Crippen molar-refractivity contribution in [3.8, 4) is 0 Å². The van der Waals surface area contributed by atoms with E-state index in [1.165, 1.54) is 6.07 Å². The molecular weight excluding hydrogens is 341 g/mol. The Kier molecular flexibility index (Phi) is 4.94. The van der Waals surface area contributed by atoms with E-state index >= 15 is 0 Å². The molecule has 0 aliphatic heterocycles. The summed E-state index contributed by atoms with van der Waals surface area (Å²) < 4.78 is 5.26. The molecule has 1 amide bonds. The Morgan fingerprint density at radius 2 is 2.29 bits per heavy atom. The number of hydrogen-bond donors (Lipinski definition) is 2. The van der Waals surface area contributed by atoms with Crippen molar-refractivity contribution in [2.45, 2.75) is 0 Å². The maximum Gasteiger partial charge on any atom is 0.404 e. The summed E-state index contributed by atoms with van der Waals surface area (Å²) in [6.07, 6.45) is -0.871. The summed E-state index contributed by atoms with van der Waals surface area (Å²) in [5.74, 6) is 0. The van der Waals surface area contributed by atoms with Crippen molar-refractivity contribution in [3.63, 3.8) is 0 Å². The van der Waals surface area contributed by atoms with Gasteiger partial charge in [-0.15, -0.1) is 0 Å². The number of benzene rings is 1. The lowest BCUT2D eigenvalue weighted by atomic mass is 10.2. The predicted molar refractivity (Wildman–Crippen MR) is 69.8 cm³/mol. The summed E-state index contributed by atoms with van der Waals surface area (Å²) >= 11 is 1.99. The van der Waals surface area contributed by atoms with Crippen LogP contribution >= 0.6 is 22.6 Å². The molecule has 0 heterocycles. The molecule has 0 spiro atoms. The van der Waals surface area contributed by atoms with E-state index in [0.29, 0.717) is 5.69 Å². The molecule has 17 heavy (non-hydrogen) atoms. The average molecular weight is 351 g/mol. The molecule has 0 fully saturated rings. The van der Waals surface area contributed by atoms with Crippen LogP contribution in [0.5, 0.6) is 0 Å². The maximum atomic E-state index is 10.8. The summed E-state index contributed by atoms with van der Waals surface area (Å²) in [6.45, 7) is 0.308. The Morgan fingerprint density at radius 3 is 2.88 bits per heavy atom. The molecule has 0 saturated carbocycles. The number of nitro groups is 1. The summed E-state index contributed by atoms with van der Waals surface area (Å²) in [7, 11) is 0. The van der Waals surface area contributed by atoms with Gasteiger partial charge in [-0.1, -0.05) is 0 Å². The van der Waals surface area contributed by atoms with Crippen LogP contribution in [0.3, 0.4) is 0 Å². The molecule has 8 heteroatoms. The molecule has 1 aromatic carbocycles. The number of amides is 1. The highest BCUT2D eigenvalue weighted by molar-refractivity contribution is 14.1. The predicted octanol–water partition coefficient (Wildman–Crippen LogP) is 1.71. The van der Waals surface area contributed by atoms with Gasteiger partial charge in [-0.05, 0) is 34.7 Å². The number of carbonyl (C=O) groups excluding carboxylic acids is 1. The van der Waals surface area contributed by atoms with Crippen molar-refractivity contribution in [3.05, 3.63) is 31.9 Å². The number of hydrogen-bond acceptors (Lipinski definition) is 5. The smallest absolute Gasteiger partial charge is 0.404 e. The van der Waals surface area contributed by atoms with Crippen LogP contribution in [0.25, 0.3) is 0 Å². The van der Waals surface area contributed by atoms with E-state index in [4.69, 9.17) is 5.73 Å². The fourth-order valence-electron chi connectivity index (χ4n) is 1.14. The van der Waals surface area contributed by atoms with Gasteiger partial charge >= 0.3 is 6.09 Å². The second kappa shape index (κ2) is 6.23. The number of primary amides is 1. The van der Waals surface area contributed by atoms with Gasteiger partial charge in [0, 0.05) is 16.2 Å². The van der Waals surface area contributed by atoms with Crippen LogP contribution in [0.2, 0.25) is 0 Å². The first-order valence-electron chi connectivity index (χ1n) is 4.60. The summed E-state index contributed by atoms with van der Waals surface area (Å²) in [6, 6.07) is 4.80. The molecule has 0 atom stereocenters. The Balaban J connectivity index is 2.64. The van der Waals surface area contributed by atoms with Gasteiger partial charge in [0.1, 0.15) is 12.3 Å². The molecule has 0 radical (unpaired) electrons. The third-order valence-electron chi connectivity index (χ3n) is 1.82. The third kappa shape index (κ3) is 4.43. The van der Waals surface area contributed by atoms with Crippen LogP contribution in [-0.4, -0.2) is 24.2 Å². The molecular formula is C9H10IN3O4. The molecule has 0 aromatic heterocycles. The summed E-state index contributed by atoms with van der Waals surface area (Å²) in [4.78, 5) is 20.6. The number of anilines is 1. The monoisotopic (exact) mass is 351 g/mol. The van der Waals surface area contributed by atoms with E-state index in [2.05, 4.69) is 10.1 Å². The lowest BCUT2D eigenvalue weighted by Gasteiger charge is -2.07. The zero-order chi connectivity index (χ0) is 12.8. The molecule has 0 bridgehead atoms. The van der Waals surface area contributed by atoms with Gasteiger partial charge < -0.3 is 15.8 Å². The Morgan fingerprint density at radius 1 is 1.59 bits per heavy atom. The molecule has 3 N–H and O–H groups in total. The number of carbonyl (C=O) groups is 1. The van der Waals surface area contributed by atoms with Gasteiger partial charge in [0.2, 0.25) is 0 Å². The van der Waals surface area contributed by atoms with Crippen molar-refractivity contribution in [2.75, 3.05) is 18.5 Å². The normalized spacial score (nSPS) is 9.71. The van der Waals surface area contributed by atoms with Gasteiger partial charge in [0.25, 0.3) is 5.69 Å². The van der Waals surface area contributed by atoms with Crippen molar-refractivity contribution >= 4 is 40.1 Å². The van der Waals surface area contributed by atoms with Crippen molar-refractivity contribution < 1.29 is 14.5 Å². The fraction of sp³-hybridized carbons (Fsp3) is 0.222. The molecule has 0 unspecified atom stereocenters. The second-order valence-corrected chi connectivity index (χ2v) is 4.26. The zero-order valence-corrected chi connectivity index (χ0v) is 10.8. The van der Waals surface area contributed by atoms with Gasteiger partial charge in [0.15, 0.2) is 0 Å². The van der Waals surface area contributed by atoms with E-state index in [1.54, 1.807) is 12.1 Å². The highest BCUT2D eigenvalue weighted by atomic mass is 127. The third-order valence-corrected chi connectivity index (χ3v) is 2.49. The first-order valence-corrected chi connectivity index (χ1v) is 5.68. The topological polar surface area (TPSA) is 107 Å². The quantitative estimate of drug-likeness (QED) is 0.363. The van der Waals surface area contributed by atoms with E-state index in [0.717, 1.165) is 3.57 Å². The molecule has 0 aliphatic rings. The Bertz CT molecular complexity index is 438. The van der Waals surface area contributed by atoms with Gasteiger partial charge in [-0.3, -0.25) is 10.1 Å². The van der Waals surface area contributed by atoms with Crippen LogP contribution in [0, 0.1) is 13.7 Å². The number of halogens is 1. The standard InChI is InChI=1S/C9H10IN3O4/c10-6-1-2-7(8(5-6)13(15)16)12-3-4-17-9(11)14/h1-2,5,12H,3-4H2,(H2,11,14). The maximum absolute atomic E-state index is 10.8. The SMILES string of the molecule is NC(=O)OCCNc1ccc(I)cc1[N+](=O)[O-].